The van der Waals surface area contributed by atoms with Crippen LogP contribution in [0.4, 0.5) is 11.4 Å². The van der Waals surface area contributed by atoms with Crippen LogP contribution in [-0.2, 0) is 10.5 Å². The molecule has 30 heavy (non-hydrogen) atoms. The van der Waals surface area contributed by atoms with Crippen LogP contribution >= 0.6 is 11.8 Å². The zero-order valence-corrected chi connectivity index (χ0v) is 17.1. The molecule has 4 aromatic rings. The molecule has 1 heterocycles. The number of fused-ring (bicyclic) bond motifs is 1. The molecule has 7 heteroatoms. The van der Waals surface area contributed by atoms with Crippen molar-refractivity contribution in [1.82, 2.24) is 9.97 Å². The fraction of sp³-hybridized carbons (Fsp3) is 0.0870. The Morgan fingerprint density at radius 2 is 1.67 bits per heavy atom. The van der Waals surface area contributed by atoms with Crippen molar-refractivity contribution in [2.75, 3.05) is 10.6 Å². The topological polar surface area (TPSA) is 86.9 Å². The first-order chi connectivity index (χ1) is 14.6. The van der Waals surface area contributed by atoms with Gasteiger partial charge in [0.2, 0.25) is 5.91 Å². The number of anilines is 2. The van der Waals surface area contributed by atoms with Crippen molar-refractivity contribution in [3.8, 4) is 0 Å². The van der Waals surface area contributed by atoms with E-state index >= 15 is 0 Å². The van der Waals surface area contributed by atoms with Crippen LogP contribution < -0.4 is 10.6 Å². The Morgan fingerprint density at radius 1 is 0.933 bits per heavy atom. The van der Waals surface area contributed by atoms with Crippen LogP contribution in [0.2, 0.25) is 0 Å². The maximum atomic E-state index is 12.9. The summed E-state index contributed by atoms with van der Waals surface area (Å²) in [5.74, 6) is 0.247. The first-order valence-electron chi connectivity index (χ1n) is 9.43. The highest BCUT2D eigenvalue weighted by molar-refractivity contribution is 7.98. The number of rotatable bonds is 6. The monoisotopic (exact) mass is 416 g/mol. The number of nitrogens with one attached hydrogen (secondary N) is 3. The quantitative estimate of drug-likeness (QED) is 0.383. The van der Waals surface area contributed by atoms with Crippen LogP contribution in [0.5, 0.6) is 0 Å². The van der Waals surface area contributed by atoms with Gasteiger partial charge < -0.3 is 15.6 Å². The number of benzene rings is 3. The van der Waals surface area contributed by atoms with Crippen LogP contribution in [0.1, 0.15) is 22.8 Å². The Morgan fingerprint density at radius 3 is 2.47 bits per heavy atom. The molecule has 0 spiro atoms. The van der Waals surface area contributed by atoms with Crippen LogP contribution in [0.25, 0.3) is 11.0 Å². The highest BCUT2D eigenvalue weighted by Crippen LogP contribution is 2.25. The lowest BCUT2D eigenvalue weighted by molar-refractivity contribution is -0.114. The third kappa shape index (κ3) is 4.69. The first kappa shape index (κ1) is 19.7. The summed E-state index contributed by atoms with van der Waals surface area (Å²) in [6, 6.07) is 22.5. The molecule has 2 amide bonds. The number of carbonyl (C=O) groups excluding carboxylic acids is 2. The summed E-state index contributed by atoms with van der Waals surface area (Å²) in [5, 5.41) is 6.44. The number of thioether (sulfide) groups is 1. The predicted octanol–water partition coefficient (Wildman–Crippen LogP) is 5.07. The van der Waals surface area contributed by atoms with E-state index in [1.807, 2.05) is 48.5 Å². The summed E-state index contributed by atoms with van der Waals surface area (Å²) in [5.41, 5.74) is 4.68. The second-order valence-electron chi connectivity index (χ2n) is 6.72. The van der Waals surface area contributed by atoms with E-state index in [0.29, 0.717) is 22.7 Å². The molecule has 0 aliphatic carbocycles. The van der Waals surface area contributed by atoms with Gasteiger partial charge in [-0.25, -0.2) is 4.98 Å². The average Bonchev–Trinajstić information content (AvgIpc) is 3.15. The van der Waals surface area contributed by atoms with E-state index in [1.54, 1.807) is 36.0 Å². The highest BCUT2D eigenvalue weighted by atomic mass is 32.2. The number of carbonyl (C=O) groups is 2. The molecular weight excluding hydrogens is 396 g/mol. The van der Waals surface area contributed by atoms with E-state index in [0.717, 1.165) is 21.8 Å². The van der Waals surface area contributed by atoms with Gasteiger partial charge in [-0.3, -0.25) is 9.59 Å². The summed E-state index contributed by atoms with van der Waals surface area (Å²) in [4.78, 5) is 32.0. The molecule has 150 valence electrons. The summed E-state index contributed by atoms with van der Waals surface area (Å²) >= 11 is 1.55. The van der Waals surface area contributed by atoms with Gasteiger partial charge in [-0.15, -0.1) is 0 Å². The van der Waals surface area contributed by atoms with Crippen LogP contribution in [0, 0.1) is 0 Å². The smallest absolute Gasteiger partial charge is 0.255 e. The molecule has 4 rings (SSSR count). The highest BCUT2D eigenvalue weighted by Gasteiger charge is 2.13. The normalized spacial score (nSPS) is 10.7. The molecular formula is C23H20N4O2S. The zero-order chi connectivity index (χ0) is 20.9. The molecule has 3 N–H and O–H groups in total. The summed E-state index contributed by atoms with van der Waals surface area (Å²) in [6.45, 7) is 1.45. The minimum atomic E-state index is -0.198. The van der Waals surface area contributed by atoms with Crippen molar-refractivity contribution in [2.24, 2.45) is 0 Å². The van der Waals surface area contributed by atoms with E-state index in [1.165, 1.54) is 6.92 Å². The minimum Gasteiger partial charge on any atom is -0.333 e. The van der Waals surface area contributed by atoms with E-state index in [2.05, 4.69) is 20.6 Å². The van der Waals surface area contributed by atoms with Crippen molar-refractivity contribution in [3.05, 3.63) is 83.9 Å². The predicted molar refractivity (Wildman–Crippen MR) is 121 cm³/mol. The third-order valence-electron chi connectivity index (χ3n) is 4.43. The number of nitrogens with zero attached hydrogens (tertiary/aromatic N) is 1. The number of hydrogen-bond acceptors (Lipinski definition) is 4. The molecule has 3 aromatic carbocycles. The van der Waals surface area contributed by atoms with Crippen molar-refractivity contribution >= 4 is 46.0 Å². The molecule has 0 unspecified atom stereocenters. The lowest BCUT2D eigenvalue weighted by Gasteiger charge is -2.11. The Bertz CT molecular complexity index is 1190. The Kier molecular flexibility index (Phi) is 5.81. The Labute approximate surface area is 178 Å². The number of imidazole rings is 1. The van der Waals surface area contributed by atoms with Crippen LogP contribution in [-0.4, -0.2) is 21.8 Å². The van der Waals surface area contributed by atoms with Crippen molar-refractivity contribution in [1.29, 1.82) is 0 Å². The summed E-state index contributed by atoms with van der Waals surface area (Å²) in [7, 11) is 0. The van der Waals surface area contributed by atoms with Gasteiger partial charge in [0.15, 0.2) is 5.16 Å². The molecule has 0 radical (unpaired) electrons. The van der Waals surface area contributed by atoms with E-state index < -0.39 is 0 Å². The molecule has 0 bridgehead atoms. The maximum absolute atomic E-state index is 12.9. The van der Waals surface area contributed by atoms with Crippen molar-refractivity contribution in [2.45, 2.75) is 17.8 Å². The Hall–Kier alpha value is -3.58. The molecule has 0 fully saturated rings. The Balaban J connectivity index is 1.48. The van der Waals surface area contributed by atoms with Crippen LogP contribution in [0.15, 0.2) is 78.0 Å². The second kappa shape index (κ2) is 8.84. The van der Waals surface area contributed by atoms with Gasteiger partial charge in [0.25, 0.3) is 5.91 Å². The molecule has 0 saturated heterocycles. The maximum Gasteiger partial charge on any atom is 0.255 e. The SMILES string of the molecule is CC(=O)Nc1cccc(NC(=O)c2ccccc2CSc2nc3ccccc3[nH]2)c1. The number of para-hydroxylation sites is 2. The van der Waals surface area contributed by atoms with Crippen molar-refractivity contribution in [3.63, 3.8) is 0 Å². The largest absolute Gasteiger partial charge is 0.333 e. The number of H-pyrrole nitrogens is 1. The molecule has 0 aliphatic heterocycles. The van der Waals surface area contributed by atoms with Gasteiger partial charge in [-0.2, -0.15) is 0 Å². The van der Waals surface area contributed by atoms with Crippen LogP contribution in [0.3, 0.4) is 0 Å². The third-order valence-corrected chi connectivity index (χ3v) is 5.36. The summed E-state index contributed by atoms with van der Waals surface area (Å²) in [6.07, 6.45) is 0. The second-order valence-corrected chi connectivity index (χ2v) is 7.69. The van der Waals surface area contributed by atoms with Gasteiger partial charge in [-0.05, 0) is 42.0 Å². The fourth-order valence-electron chi connectivity index (χ4n) is 3.09. The van der Waals surface area contributed by atoms with Gasteiger partial charge in [0, 0.05) is 29.6 Å². The molecule has 1 aromatic heterocycles. The van der Waals surface area contributed by atoms with Gasteiger partial charge in [-0.1, -0.05) is 48.2 Å². The molecule has 0 aliphatic rings. The number of aromatic amines is 1. The van der Waals surface area contributed by atoms with Gasteiger partial charge in [0.05, 0.1) is 11.0 Å². The lowest BCUT2D eigenvalue weighted by atomic mass is 10.1. The van der Waals surface area contributed by atoms with Crippen molar-refractivity contribution < 1.29 is 9.59 Å². The zero-order valence-electron chi connectivity index (χ0n) is 16.3. The minimum absolute atomic E-state index is 0.161. The molecule has 6 nitrogen and oxygen atoms in total. The first-order valence-corrected chi connectivity index (χ1v) is 10.4. The van der Waals surface area contributed by atoms with E-state index in [4.69, 9.17) is 0 Å². The number of hydrogen-bond donors (Lipinski definition) is 3. The summed E-state index contributed by atoms with van der Waals surface area (Å²) < 4.78 is 0. The number of aromatic nitrogens is 2. The number of amides is 2. The van der Waals surface area contributed by atoms with Gasteiger partial charge in [0.1, 0.15) is 0 Å². The fourth-order valence-corrected chi connectivity index (χ4v) is 3.98. The molecule has 0 atom stereocenters. The van der Waals surface area contributed by atoms with E-state index in [9.17, 15) is 9.59 Å². The molecule has 0 saturated carbocycles. The van der Waals surface area contributed by atoms with Gasteiger partial charge >= 0.3 is 0 Å². The lowest BCUT2D eigenvalue weighted by Crippen LogP contribution is -2.14. The standard InChI is InChI=1S/C23H20N4O2S/c1-15(28)24-17-8-6-9-18(13-17)25-22(29)19-10-3-2-7-16(19)14-30-23-26-20-11-4-5-12-21(20)27-23/h2-13H,14H2,1H3,(H,24,28)(H,25,29)(H,26,27). The van der Waals surface area contributed by atoms with E-state index in [-0.39, 0.29) is 11.8 Å². The average molecular weight is 417 g/mol.